The van der Waals surface area contributed by atoms with Gasteiger partial charge in [-0.3, -0.25) is 9.59 Å². The molecule has 1 heterocycles. The van der Waals surface area contributed by atoms with Gasteiger partial charge in [-0.2, -0.15) is 0 Å². The van der Waals surface area contributed by atoms with Crippen molar-refractivity contribution in [2.45, 2.75) is 50.4 Å². The van der Waals surface area contributed by atoms with Crippen LogP contribution in [0, 0.1) is 22.7 Å². The first kappa shape index (κ1) is 15.1. The zero-order valence-corrected chi connectivity index (χ0v) is 13.3. The van der Waals surface area contributed by atoms with Gasteiger partial charge in [-0.25, -0.2) is 0 Å². The van der Waals surface area contributed by atoms with E-state index in [0.717, 1.165) is 0 Å². The van der Waals surface area contributed by atoms with Gasteiger partial charge in [-0.15, -0.1) is 0 Å². The third-order valence-electron chi connectivity index (χ3n) is 6.95. The van der Waals surface area contributed by atoms with Crippen LogP contribution in [0.15, 0.2) is 12.2 Å². The average molecular weight is 322 g/mol. The largest absolute Gasteiger partial charge is 0.468 e. The van der Waals surface area contributed by atoms with E-state index in [9.17, 15) is 19.8 Å². The first-order valence-corrected chi connectivity index (χ1v) is 8.17. The van der Waals surface area contributed by atoms with Crippen molar-refractivity contribution in [3.05, 3.63) is 12.2 Å². The lowest BCUT2D eigenvalue weighted by Gasteiger charge is -2.57. The van der Waals surface area contributed by atoms with Gasteiger partial charge in [0, 0.05) is 23.7 Å². The molecular formula is C17H22O6. The molecule has 6 heteroatoms. The predicted molar refractivity (Wildman–Crippen MR) is 78.0 cm³/mol. The van der Waals surface area contributed by atoms with Crippen molar-refractivity contribution in [1.82, 2.24) is 0 Å². The Labute approximate surface area is 134 Å². The van der Waals surface area contributed by atoms with Gasteiger partial charge in [0.1, 0.15) is 5.60 Å². The standard InChI is InChI=1S/C17H22O6/c1-15-6-5-11(18)12(19)10(15)4-3-9-7-16(13(20)22-2)8-17(9,15)23-14(16)21/h3-4,9-12,18-19H,5-8H2,1-2H3/t9-,10-,11+,12-,15+,16-,17-/m1/s1. The maximum absolute atomic E-state index is 12.5. The molecule has 0 aromatic rings. The number of aliphatic hydroxyl groups excluding tert-OH is 2. The van der Waals surface area contributed by atoms with E-state index in [0.29, 0.717) is 25.7 Å². The maximum atomic E-state index is 12.5. The summed E-state index contributed by atoms with van der Waals surface area (Å²) < 4.78 is 10.7. The van der Waals surface area contributed by atoms with E-state index in [1.54, 1.807) is 0 Å². The van der Waals surface area contributed by atoms with Crippen molar-refractivity contribution >= 4 is 11.9 Å². The summed E-state index contributed by atoms with van der Waals surface area (Å²) in [6.07, 6.45) is 4.03. The number of esters is 2. The second kappa shape index (κ2) is 4.36. The van der Waals surface area contributed by atoms with Gasteiger partial charge < -0.3 is 19.7 Å². The summed E-state index contributed by atoms with van der Waals surface area (Å²) in [5.74, 6) is -1.37. The van der Waals surface area contributed by atoms with E-state index in [-0.39, 0.29) is 11.8 Å². The minimum absolute atomic E-state index is 0.0528. The number of carbonyl (C=O) groups is 2. The van der Waals surface area contributed by atoms with E-state index < -0.39 is 40.6 Å². The lowest BCUT2D eigenvalue weighted by Crippen LogP contribution is -2.62. The van der Waals surface area contributed by atoms with Crippen LogP contribution in [0.25, 0.3) is 0 Å². The SMILES string of the molecule is COC(=O)[C@@]12C[C@H]3C=C[C@@H]4[C@@H](O)[C@@H](O)CC[C@]4(C)[C@]3(C1)OC2=O. The molecule has 0 unspecified atom stereocenters. The summed E-state index contributed by atoms with van der Waals surface area (Å²) in [7, 11) is 1.29. The van der Waals surface area contributed by atoms with Crippen LogP contribution in [0.5, 0.6) is 0 Å². The van der Waals surface area contributed by atoms with Crippen molar-refractivity contribution < 1.29 is 29.3 Å². The number of carbonyl (C=O) groups excluding carboxylic acids is 2. The molecule has 4 rings (SSSR count). The highest BCUT2D eigenvalue weighted by molar-refractivity contribution is 6.03. The molecule has 0 aromatic heterocycles. The summed E-state index contributed by atoms with van der Waals surface area (Å²) in [6, 6.07) is 0. The van der Waals surface area contributed by atoms with Crippen LogP contribution in [-0.2, 0) is 19.1 Å². The predicted octanol–water partition coefficient (Wildman–Crippen LogP) is 0.559. The van der Waals surface area contributed by atoms with Crippen molar-refractivity contribution in [2.24, 2.45) is 22.7 Å². The highest BCUT2D eigenvalue weighted by atomic mass is 16.6. The van der Waals surface area contributed by atoms with Crippen LogP contribution in [0.1, 0.15) is 32.6 Å². The number of hydrogen-bond donors (Lipinski definition) is 2. The second-order valence-electron chi connectivity index (χ2n) is 7.76. The summed E-state index contributed by atoms with van der Waals surface area (Å²) in [6.45, 7) is 2.01. The number of aliphatic hydroxyl groups is 2. The van der Waals surface area contributed by atoms with Gasteiger partial charge in [-0.1, -0.05) is 19.1 Å². The fraction of sp³-hybridized carbons (Fsp3) is 0.765. The Morgan fingerprint density at radius 1 is 1.39 bits per heavy atom. The molecule has 6 nitrogen and oxygen atoms in total. The molecule has 1 spiro atoms. The topological polar surface area (TPSA) is 93.1 Å². The van der Waals surface area contributed by atoms with Crippen LogP contribution in [0.3, 0.4) is 0 Å². The average Bonchev–Trinajstić information content (AvgIpc) is 3.02. The van der Waals surface area contributed by atoms with Crippen LogP contribution >= 0.6 is 0 Å². The van der Waals surface area contributed by atoms with Gasteiger partial charge in [-0.05, 0) is 19.3 Å². The van der Waals surface area contributed by atoms with Gasteiger partial charge in [0.05, 0.1) is 19.3 Å². The van der Waals surface area contributed by atoms with Gasteiger partial charge in [0.2, 0.25) is 0 Å². The minimum atomic E-state index is -1.22. The molecule has 126 valence electrons. The number of hydrogen-bond acceptors (Lipinski definition) is 6. The van der Waals surface area contributed by atoms with E-state index in [4.69, 9.17) is 9.47 Å². The fourth-order valence-electron chi connectivity index (χ4n) is 5.60. The molecule has 3 fully saturated rings. The monoisotopic (exact) mass is 322 g/mol. The molecule has 1 saturated heterocycles. The third-order valence-corrected chi connectivity index (χ3v) is 6.95. The third kappa shape index (κ3) is 1.51. The Bertz CT molecular complexity index is 614. The van der Waals surface area contributed by atoms with Crippen LogP contribution in [0.2, 0.25) is 0 Å². The molecule has 0 radical (unpaired) electrons. The number of ether oxygens (including phenoxy) is 2. The van der Waals surface area contributed by atoms with E-state index in [1.807, 2.05) is 19.1 Å². The zero-order valence-electron chi connectivity index (χ0n) is 13.3. The van der Waals surface area contributed by atoms with Crippen molar-refractivity contribution in [3.63, 3.8) is 0 Å². The smallest absolute Gasteiger partial charge is 0.324 e. The number of methoxy groups -OCH3 is 1. The van der Waals surface area contributed by atoms with Gasteiger partial charge >= 0.3 is 11.9 Å². The Morgan fingerprint density at radius 2 is 2.13 bits per heavy atom. The van der Waals surface area contributed by atoms with Crippen molar-refractivity contribution in [1.29, 1.82) is 0 Å². The van der Waals surface area contributed by atoms with Crippen molar-refractivity contribution in [3.8, 4) is 0 Å². The molecule has 0 aromatic carbocycles. The number of fused-ring (bicyclic) bond motifs is 2. The van der Waals surface area contributed by atoms with E-state index in [2.05, 4.69) is 0 Å². The van der Waals surface area contributed by atoms with Crippen LogP contribution in [-0.4, -0.2) is 47.1 Å². The highest BCUT2D eigenvalue weighted by Gasteiger charge is 2.77. The van der Waals surface area contributed by atoms with Gasteiger partial charge in [0.15, 0.2) is 5.41 Å². The molecule has 2 N–H and O–H groups in total. The quantitative estimate of drug-likeness (QED) is 0.416. The van der Waals surface area contributed by atoms with Crippen LogP contribution in [0.4, 0.5) is 0 Å². The molecule has 0 amide bonds. The summed E-state index contributed by atoms with van der Waals surface area (Å²) in [5.41, 5.74) is -2.51. The minimum Gasteiger partial charge on any atom is -0.468 e. The van der Waals surface area contributed by atoms with E-state index in [1.165, 1.54) is 7.11 Å². The molecule has 7 atom stereocenters. The Morgan fingerprint density at radius 3 is 2.83 bits per heavy atom. The molecule has 1 aliphatic heterocycles. The van der Waals surface area contributed by atoms with E-state index >= 15 is 0 Å². The molecule has 2 bridgehead atoms. The molecule has 23 heavy (non-hydrogen) atoms. The number of rotatable bonds is 1. The van der Waals surface area contributed by atoms with Gasteiger partial charge in [0.25, 0.3) is 0 Å². The zero-order chi connectivity index (χ0) is 16.6. The Kier molecular flexibility index (Phi) is 2.87. The fourth-order valence-corrected chi connectivity index (χ4v) is 5.60. The molecule has 3 aliphatic carbocycles. The maximum Gasteiger partial charge on any atom is 0.324 e. The summed E-state index contributed by atoms with van der Waals surface area (Å²) in [5, 5.41) is 20.4. The second-order valence-corrected chi connectivity index (χ2v) is 7.76. The van der Waals surface area contributed by atoms with Crippen molar-refractivity contribution in [2.75, 3.05) is 7.11 Å². The summed E-state index contributed by atoms with van der Waals surface area (Å²) in [4.78, 5) is 24.8. The Hall–Kier alpha value is -1.40. The highest BCUT2D eigenvalue weighted by Crippen LogP contribution is 2.69. The molecule has 2 saturated carbocycles. The molecular weight excluding hydrogens is 300 g/mol. The normalized spacial score (nSPS) is 53.5. The first-order chi connectivity index (χ1) is 10.8. The lowest BCUT2D eigenvalue weighted by molar-refractivity contribution is -0.206. The Balaban J connectivity index is 1.81. The molecule has 4 aliphatic rings. The first-order valence-electron chi connectivity index (χ1n) is 8.17. The summed E-state index contributed by atoms with van der Waals surface area (Å²) >= 11 is 0. The lowest BCUT2D eigenvalue weighted by atomic mass is 9.52. The van der Waals surface area contributed by atoms with Crippen LogP contribution < -0.4 is 0 Å².